The van der Waals surface area contributed by atoms with Gasteiger partial charge in [0.25, 0.3) is 0 Å². The number of aromatic nitrogens is 1. The maximum Gasteiger partial charge on any atom is 0.243 e. The molecule has 1 aromatic carbocycles. The number of nitrogens with one attached hydrogen (secondary N) is 1. The highest BCUT2D eigenvalue weighted by atomic mass is 79.9. The molecule has 1 aliphatic heterocycles. The molecule has 43 heavy (non-hydrogen) atoms. The van der Waals surface area contributed by atoms with Crippen LogP contribution in [0.4, 0.5) is 0 Å². The van der Waals surface area contributed by atoms with E-state index in [9.17, 15) is 19.5 Å². The van der Waals surface area contributed by atoms with Crippen molar-refractivity contribution in [3.8, 4) is 10.4 Å². The molecule has 1 aromatic heterocycles. The van der Waals surface area contributed by atoms with Gasteiger partial charge in [-0.15, -0.1) is 11.3 Å². The molecule has 3 atom stereocenters. The predicted molar refractivity (Wildman–Crippen MR) is 175 cm³/mol. The van der Waals surface area contributed by atoms with Crippen molar-refractivity contribution in [3.63, 3.8) is 0 Å². The fourth-order valence-electron chi connectivity index (χ4n) is 5.39. The fourth-order valence-corrected chi connectivity index (χ4v) is 6.59. The van der Waals surface area contributed by atoms with E-state index in [1.807, 2.05) is 57.5 Å². The molecule has 1 fully saturated rings. The third kappa shape index (κ3) is 11.1. The van der Waals surface area contributed by atoms with Gasteiger partial charge in [-0.25, -0.2) is 4.98 Å². The van der Waals surface area contributed by atoms with Gasteiger partial charge in [0, 0.05) is 56.8 Å². The summed E-state index contributed by atoms with van der Waals surface area (Å²) in [6.07, 6.45) is 5.03. The Morgan fingerprint density at radius 3 is 2.47 bits per heavy atom. The lowest BCUT2D eigenvalue weighted by atomic mass is 9.76. The van der Waals surface area contributed by atoms with Crippen LogP contribution in [0.5, 0.6) is 0 Å². The molecule has 0 bridgehead atoms. The molecule has 1 saturated heterocycles. The van der Waals surface area contributed by atoms with Crippen LogP contribution in [0.2, 0.25) is 0 Å². The molecule has 8 nitrogen and oxygen atoms in total. The molecule has 3 rings (SSSR count). The summed E-state index contributed by atoms with van der Waals surface area (Å²) in [5.74, 6) is -1.11. The summed E-state index contributed by atoms with van der Waals surface area (Å²) in [7, 11) is 0. The lowest BCUT2D eigenvalue weighted by molar-refractivity contribution is -0.146. The number of nitrogens with zero attached hydrogens (tertiary/aromatic N) is 2. The number of aliphatic hydroxyl groups is 1. The molecule has 10 heteroatoms. The van der Waals surface area contributed by atoms with Gasteiger partial charge in [-0.05, 0) is 42.7 Å². The number of unbranched alkanes of at least 4 members (excludes halogenated alkanes) is 3. The highest BCUT2D eigenvalue weighted by Gasteiger charge is 2.44. The number of alkyl halides is 1. The second kappa shape index (κ2) is 17.4. The number of amides is 2. The number of thiazole rings is 1. The van der Waals surface area contributed by atoms with Crippen molar-refractivity contribution >= 4 is 44.9 Å². The molecule has 0 saturated carbocycles. The summed E-state index contributed by atoms with van der Waals surface area (Å²) in [6.45, 7) is 9.46. The van der Waals surface area contributed by atoms with Gasteiger partial charge in [-0.1, -0.05) is 73.8 Å². The first-order valence-corrected chi connectivity index (χ1v) is 17.4. The number of Topliss-reactive ketones (excluding diaryl/α,β-unsaturated/α-hetero) is 1. The van der Waals surface area contributed by atoms with Gasteiger partial charge in [0.1, 0.15) is 11.8 Å². The zero-order chi connectivity index (χ0) is 31.4. The van der Waals surface area contributed by atoms with Gasteiger partial charge < -0.3 is 20.1 Å². The number of ether oxygens (including phenoxy) is 1. The van der Waals surface area contributed by atoms with Crippen molar-refractivity contribution in [2.24, 2.45) is 11.3 Å². The number of aryl methyl sites for hydroxylation is 1. The molecule has 2 aromatic rings. The van der Waals surface area contributed by atoms with E-state index in [0.29, 0.717) is 32.6 Å². The minimum absolute atomic E-state index is 0.0203. The molecule has 0 unspecified atom stereocenters. The van der Waals surface area contributed by atoms with E-state index < -0.39 is 23.5 Å². The van der Waals surface area contributed by atoms with Crippen LogP contribution in [0, 0.1) is 18.3 Å². The van der Waals surface area contributed by atoms with Crippen LogP contribution in [0.15, 0.2) is 29.8 Å². The maximum atomic E-state index is 13.8. The normalized spacial score (nSPS) is 17.7. The Bertz CT molecular complexity index is 1180. The number of aliphatic hydroxyl groups excluding tert-OH is 1. The van der Waals surface area contributed by atoms with E-state index in [1.165, 1.54) is 17.7 Å². The van der Waals surface area contributed by atoms with Crippen LogP contribution in [-0.2, 0) is 25.7 Å². The number of rotatable bonds is 17. The predicted octanol–water partition coefficient (Wildman–Crippen LogP) is 6.07. The fraction of sp³-hybridized carbons (Fsp3) is 0.636. The molecule has 2 N–H and O–H groups in total. The number of benzene rings is 1. The molecular weight excluding hydrogens is 630 g/mol. The molecule has 0 radical (unpaired) electrons. The van der Waals surface area contributed by atoms with Crippen molar-refractivity contribution in [2.45, 2.75) is 97.8 Å². The summed E-state index contributed by atoms with van der Waals surface area (Å²) in [5, 5.41) is 14.4. The van der Waals surface area contributed by atoms with E-state index in [1.54, 1.807) is 11.3 Å². The smallest absolute Gasteiger partial charge is 0.243 e. The monoisotopic (exact) mass is 677 g/mol. The maximum absolute atomic E-state index is 13.8. The molecule has 2 heterocycles. The van der Waals surface area contributed by atoms with Crippen molar-refractivity contribution in [1.29, 1.82) is 0 Å². The second-order valence-corrected chi connectivity index (χ2v) is 14.2. The number of likely N-dealkylation sites (tertiary alicyclic amines) is 1. The highest BCUT2D eigenvalue weighted by Crippen LogP contribution is 2.34. The number of ketones is 1. The zero-order valence-electron chi connectivity index (χ0n) is 26.1. The largest absolute Gasteiger partial charge is 0.391 e. The Kier molecular flexibility index (Phi) is 14.3. The first-order chi connectivity index (χ1) is 20.5. The molecule has 0 aliphatic carbocycles. The molecule has 1 aliphatic rings. The van der Waals surface area contributed by atoms with Crippen LogP contribution >= 0.6 is 27.3 Å². The summed E-state index contributed by atoms with van der Waals surface area (Å²) < 4.78 is 5.69. The van der Waals surface area contributed by atoms with E-state index >= 15 is 0 Å². The second-order valence-electron chi connectivity index (χ2n) is 12.6. The first kappa shape index (κ1) is 35.3. The van der Waals surface area contributed by atoms with Crippen LogP contribution in [0.1, 0.15) is 83.4 Å². The Morgan fingerprint density at radius 2 is 1.81 bits per heavy atom. The average Bonchev–Trinajstić information content (AvgIpc) is 3.58. The molecule has 0 spiro atoms. The summed E-state index contributed by atoms with van der Waals surface area (Å²) in [5.41, 5.74) is 4.35. The average molecular weight is 679 g/mol. The van der Waals surface area contributed by atoms with Gasteiger partial charge in [-0.2, -0.15) is 0 Å². The first-order valence-electron chi connectivity index (χ1n) is 15.4. The minimum Gasteiger partial charge on any atom is -0.391 e. The van der Waals surface area contributed by atoms with Gasteiger partial charge in [0.15, 0.2) is 0 Å². The quantitative estimate of drug-likeness (QED) is 0.155. The third-order valence-corrected chi connectivity index (χ3v) is 9.52. The lowest BCUT2D eigenvalue weighted by Gasteiger charge is -2.34. The Morgan fingerprint density at radius 1 is 1.12 bits per heavy atom. The Balaban J connectivity index is 1.52. The number of carbonyl (C=O) groups is 3. The SMILES string of the molecule is Cc1ncsc1-c1ccc(CNC(=O)[C@@H]2C[C@@H](O)CN2C(=O)[C@@H](CC(=O)CCCOCCCCCCBr)C(C)(C)C)cc1. The van der Waals surface area contributed by atoms with Crippen molar-refractivity contribution in [2.75, 3.05) is 25.1 Å². The van der Waals surface area contributed by atoms with Gasteiger partial charge in [0.2, 0.25) is 11.8 Å². The van der Waals surface area contributed by atoms with Crippen LogP contribution in [0.3, 0.4) is 0 Å². The van der Waals surface area contributed by atoms with Crippen LogP contribution in [0.25, 0.3) is 10.4 Å². The Labute approximate surface area is 269 Å². The van der Waals surface area contributed by atoms with E-state index in [-0.39, 0.29) is 37.0 Å². The van der Waals surface area contributed by atoms with Crippen LogP contribution < -0.4 is 5.32 Å². The van der Waals surface area contributed by atoms with Crippen molar-refractivity contribution in [3.05, 3.63) is 41.0 Å². The topological polar surface area (TPSA) is 109 Å². The van der Waals surface area contributed by atoms with Crippen molar-refractivity contribution < 1.29 is 24.2 Å². The van der Waals surface area contributed by atoms with Gasteiger partial charge in [0.05, 0.1) is 22.2 Å². The van der Waals surface area contributed by atoms with Crippen LogP contribution in [-0.4, -0.2) is 69.8 Å². The van der Waals surface area contributed by atoms with Gasteiger partial charge in [-0.3, -0.25) is 14.4 Å². The number of β-amino-alcohol motifs (C(OH)–C–C–N with tert-alkyl or cyclic N) is 1. The number of carbonyl (C=O) groups excluding carboxylic acids is 3. The van der Waals surface area contributed by atoms with Gasteiger partial charge >= 0.3 is 0 Å². The number of hydrogen-bond donors (Lipinski definition) is 2. The summed E-state index contributed by atoms with van der Waals surface area (Å²) in [6, 6.07) is 7.20. The Hall–Kier alpha value is -2.14. The van der Waals surface area contributed by atoms with Crippen molar-refractivity contribution in [1.82, 2.24) is 15.2 Å². The number of hydrogen-bond acceptors (Lipinski definition) is 7. The highest BCUT2D eigenvalue weighted by molar-refractivity contribution is 9.09. The third-order valence-electron chi connectivity index (χ3n) is 7.98. The molecule has 2 amide bonds. The molecule has 238 valence electrons. The molecular formula is C33H48BrN3O5S. The summed E-state index contributed by atoms with van der Waals surface area (Å²) >= 11 is 5.03. The van der Waals surface area contributed by atoms with E-state index in [2.05, 4.69) is 26.2 Å². The summed E-state index contributed by atoms with van der Waals surface area (Å²) in [4.78, 5) is 46.9. The number of halogens is 1. The standard InChI is InChI=1S/C33H48BrN3O5S/c1-23-30(43-22-36-23)25-13-11-24(12-14-25)20-35-31(40)29-19-27(39)21-37(29)32(41)28(33(2,3)4)18-26(38)10-9-17-42-16-8-6-5-7-15-34/h11-14,22,27-29,39H,5-10,15-21H2,1-4H3,(H,35,40)/t27-,28-,29+/m1/s1. The lowest BCUT2D eigenvalue weighted by Crippen LogP contribution is -2.50. The minimum atomic E-state index is -0.783. The van der Waals surface area contributed by atoms with E-state index in [0.717, 1.165) is 39.9 Å². The zero-order valence-corrected chi connectivity index (χ0v) is 28.5. The van der Waals surface area contributed by atoms with E-state index in [4.69, 9.17) is 4.74 Å².